The van der Waals surface area contributed by atoms with E-state index in [2.05, 4.69) is 44.1 Å². The van der Waals surface area contributed by atoms with E-state index in [-0.39, 0.29) is 0 Å². The van der Waals surface area contributed by atoms with E-state index in [1.165, 1.54) is 0 Å². The van der Waals surface area contributed by atoms with E-state index in [1.807, 2.05) is 71.5 Å². The topological polar surface area (TPSA) is 88.2 Å². The highest BCUT2D eigenvalue weighted by Gasteiger charge is 2.12. The molecule has 2 aromatic heterocycles. The number of rotatable bonds is 11. The largest absolute Gasteiger partial charge is 0.380 e. The van der Waals surface area contributed by atoms with E-state index < -0.39 is 0 Å². The van der Waals surface area contributed by atoms with Gasteiger partial charge >= 0.3 is 0 Å². The van der Waals surface area contributed by atoms with Crippen LogP contribution in [-0.4, -0.2) is 58.1 Å². The number of nitrogens with zero attached hydrogens (tertiary/aromatic N) is 4. The summed E-state index contributed by atoms with van der Waals surface area (Å²) in [5.74, 6) is 0.887. The summed E-state index contributed by atoms with van der Waals surface area (Å²) in [7, 11) is 0. The second kappa shape index (κ2) is 13.9. The second-order valence-corrected chi connectivity index (χ2v) is 9.49. The van der Waals surface area contributed by atoms with Gasteiger partial charge in [-0.25, -0.2) is 9.97 Å². The Balaban J connectivity index is 0.000000187. The molecule has 0 bridgehead atoms. The zero-order chi connectivity index (χ0) is 27.6. The van der Waals surface area contributed by atoms with Crippen LogP contribution in [0.25, 0.3) is 33.2 Å². The monoisotopic (exact) mass is 590 g/mol. The van der Waals surface area contributed by atoms with Crippen molar-refractivity contribution in [1.29, 1.82) is 0 Å². The van der Waals surface area contributed by atoms with Crippen molar-refractivity contribution in [2.75, 3.05) is 26.4 Å². The number of carbonyl (C=O) groups excluding carboxylic acids is 2. The normalized spacial score (nSPS) is 10.9. The Morgan fingerprint density at radius 2 is 1.26 bits per heavy atom. The lowest BCUT2D eigenvalue weighted by molar-refractivity contribution is 0.109. The molecule has 0 aliphatic heterocycles. The van der Waals surface area contributed by atoms with E-state index in [4.69, 9.17) is 9.47 Å². The lowest BCUT2D eigenvalue weighted by atomic mass is 10.1. The summed E-state index contributed by atoms with van der Waals surface area (Å²) in [6, 6.07) is 22.0. The van der Waals surface area contributed by atoms with Crippen LogP contribution in [0.5, 0.6) is 0 Å². The van der Waals surface area contributed by atoms with Crippen molar-refractivity contribution in [3.63, 3.8) is 0 Å². The molecule has 0 atom stereocenters. The Morgan fingerprint density at radius 3 is 1.79 bits per heavy atom. The number of fused-ring (bicyclic) bond motifs is 2. The van der Waals surface area contributed by atoms with Crippen LogP contribution in [0.1, 0.15) is 35.1 Å². The maximum atomic E-state index is 11.3. The third-order valence-electron chi connectivity index (χ3n) is 6.16. The molecule has 0 aliphatic carbocycles. The van der Waals surface area contributed by atoms with Crippen molar-refractivity contribution in [3.05, 3.63) is 82.9 Å². The van der Waals surface area contributed by atoms with E-state index in [9.17, 15) is 9.59 Å². The molecular formula is C30H31BrN4O4. The lowest BCUT2D eigenvalue weighted by Gasteiger charge is -2.07. The van der Waals surface area contributed by atoms with Gasteiger partial charge in [0.1, 0.15) is 0 Å². The van der Waals surface area contributed by atoms with E-state index in [1.54, 1.807) is 0 Å². The number of hydrogen-bond acceptors (Lipinski definition) is 6. The summed E-state index contributed by atoms with van der Waals surface area (Å²) in [5, 5.41) is 0. The summed E-state index contributed by atoms with van der Waals surface area (Å²) in [5.41, 5.74) is 5.83. The molecule has 9 heteroatoms. The summed E-state index contributed by atoms with van der Waals surface area (Å²) < 4.78 is 15.5. The van der Waals surface area contributed by atoms with Gasteiger partial charge in [0.05, 0.1) is 35.3 Å². The van der Waals surface area contributed by atoms with E-state index in [0.717, 1.165) is 50.2 Å². The summed E-state index contributed by atoms with van der Waals surface area (Å²) in [6.45, 7) is 7.65. The molecule has 0 radical (unpaired) electrons. The van der Waals surface area contributed by atoms with Crippen molar-refractivity contribution < 1.29 is 19.1 Å². The molecule has 2 heterocycles. The Labute approximate surface area is 235 Å². The van der Waals surface area contributed by atoms with Crippen molar-refractivity contribution >= 4 is 50.6 Å². The van der Waals surface area contributed by atoms with Gasteiger partial charge in [0.25, 0.3) is 0 Å². The SMILES string of the molecule is CCOCCn1c(C=O)nc2ccc(-c3ccccc3)cc21.CCOCCn1c(C=O)nc2ccc(Br)cc21. The zero-order valence-corrected chi connectivity index (χ0v) is 23.6. The third kappa shape index (κ3) is 6.86. The molecule has 0 amide bonds. The first kappa shape index (κ1) is 28.4. The lowest BCUT2D eigenvalue weighted by Crippen LogP contribution is -2.09. The number of carbonyl (C=O) groups is 2. The first-order valence-corrected chi connectivity index (χ1v) is 13.7. The van der Waals surface area contributed by atoms with Crippen LogP contribution in [0.15, 0.2) is 71.2 Å². The molecule has 3 aromatic carbocycles. The molecule has 0 unspecified atom stereocenters. The zero-order valence-electron chi connectivity index (χ0n) is 22.0. The molecule has 8 nitrogen and oxygen atoms in total. The molecule has 5 aromatic rings. The van der Waals surface area contributed by atoms with Crippen LogP contribution >= 0.6 is 15.9 Å². The first-order chi connectivity index (χ1) is 19.1. The average molecular weight is 592 g/mol. The summed E-state index contributed by atoms with van der Waals surface area (Å²) in [4.78, 5) is 30.9. The van der Waals surface area contributed by atoms with E-state index in [0.29, 0.717) is 51.2 Å². The van der Waals surface area contributed by atoms with Crippen molar-refractivity contribution in [2.24, 2.45) is 0 Å². The maximum absolute atomic E-state index is 11.3. The Kier molecular flexibility index (Phi) is 10.1. The molecule has 0 saturated heterocycles. The quantitative estimate of drug-likeness (QED) is 0.134. The molecule has 0 spiro atoms. The van der Waals surface area contributed by atoms with E-state index >= 15 is 0 Å². The van der Waals surface area contributed by atoms with Crippen LogP contribution in [0.4, 0.5) is 0 Å². The highest BCUT2D eigenvalue weighted by atomic mass is 79.9. The van der Waals surface area contributed by atoms with Crippen LogP contribution < -0.4 is 0 Å². The van der Waals surface area contributed by atoms with Gasteiger partial charge in [0, 0.05) is 30.8 Å². The summed E-state index contributed by atoms with van der Waals surface area (Å²) >= 11 is 3.42. The average Bonchev–Trinajstić information content (AvgIpc) is 3.51. The highest BCUT2D eigenvalue weighted by molar-refractivity contribution is 9.10. The number of imidazole rings is 2. The summed E-state index contributed by atoms with van der Waals surface area (Å²) in [6.07, 6.45) is 1.58. The van der Waals surface area contributed by atoms with Gasteiger partial charge in [-0.2, -0.15) is 0 Å². The van der Waals surface area contributed by atoms with Crippen molar-refractivity contribution in [2.45, 2.75) is 26.9 Å². The molecule has 0 fully saturated rings. The third-order valence-corrected chi connectivity index (χ3v) is 6.66. The van der Waals surface area contributed by atoms with Gasteiger partial charge in [-0.05, 0) is 55.3 Å². The number of hydrogen-bond donors (Lipinski definition) is 0. The van der Waals surface area contributed by atoms with Gasteiger partial charge in [-0.3, -0.25) is 9.59 Å². The Hall–Kier alpha value is -3.66. The molecular weight excluding hydrogens is 560 g/mol. The Morgan fingerprint density at radius 1 is 0.718 bits per heavy atom. The fourth-order valence-electron chi connectivity index (χ4n) is 4.32. The standard InChI is InChI=1S/C18H18N2O2.C12H13BrN2O2/c1-2-22-11-10-20-17-12-15(14-6-4-3-5-7-14)8-9-16(17)19-18(20)13-21;1-2-17-6-5-15-11-7-9(13)3-4-10(11)14-12(15)8-16/h3-9,12-13H,2,10-11H2,1H3;3-4,7-8H,2,5-6H2,1H3. The second-order valence-electron chi connectivity index (χ2n) is 8.58. The van der Waals surface area contributed by atoms with Gasteiger partial charge in [0.2, 0.25) is 0 Å². The predicted octanol–water partition coefficient (Wildman–Crippen LogP) is 6.20. The molecule has 0 aliphatic rings. The molecule has 0 saturated carbocycles. The van der Waals surface area contributed by atoms with Crippen LogP contribution in [0.3, 0.4) is 0 Å². The minimum Gasteiger partial charge on any atom is -0.380 e. The fraction of sp³-hybridized carbons (Fsp3) is 0.267. The number of benzene rings is 3. The van der Waals surface area contributed by atoms with Crippen LogP contribution in [-0.2, 0) is 22.6 Å². The number of aromatic nitrogens is 4. The minimum atomic E-state index is 0.442. The molecule has 5 rings (SSSR count). The fourth-order valence-corrected chi connectivity index (χ4v) is 4.67. The van der Waals surface area contributed by atoms with Crippen molar-refractivity contribution in [1.82, 2.24) is 19.1 Å². The first-order valence-electron chi connectivity index (χ1n) is 12.9. The van der Waals surface area contributed by atoms with Gasteiger partial charge < -0.3 is 18.6 Å². The number of aldehydes is 2. The van der Waals surface area contributed by atoms with Gasteiger partial charge in [0.15, 0.2) is 24.2 Å². The molecule has 39 heavy (non-hydrogen) atoms. The van der Waals surface area contributed by atoms with Gasteiger partial charge in [-0.15, -0.1) is 0 Å². The predicted molar refractivity (Wildman–Crippen MR) is 156 cm³/mol. The highest BCUT2D eigenvalue weighted by Crippen LogP contribution is 2.25. The molecule has 202 valence electrons. The van der Waals surface area contributed by atoms with Crippen LogP contribution in [0.2, 0.25) is 0 Å². The molecule has 0 N–H and O–H groups in total. The maximum Gasteiger partial charge on any atom is 0.185 e. The van der Waals surface area contributed by atoms with Crippen LogP contribution in [0, 0.1) is 0 Å². The van der Waals surface area contributed by atoms with Crippen molar-refractivity contribution in [3.8, 4) is 11.1 Å². The van der Waals surface area contributed by atoms with Gasteiger partial charge in [-0.1, -0.05) is 52.3 Å². The number of halogens is 1. The minimum absolute atomic E-state index is 0.442. The number of ether oxygens (including phenoxy) is 2. The Bertz CT molecular complexity index is 1550. The smallest absolute Gasteiger partial charge is 0.185 e.